The molecule has 1 saturated heterocycles. The SMILES string of the molecule is CCN(CC(=O)Nc1cccc(OC)c1)C(=O)C1CCCN1C(=O)C1CC1. The number of likely N-dealkylation sites (N-methyl/N-ethyl adjacent to an activating group) is 1. The predicted octanol–water partition coefficient (Wildman–Crippen LogP) is 1.88. The highest BCUT2D eigenvalue weighted by Gasteiger charge is 2.42. The smallest absolute Gasteiger partial charge is 0.245 e. The van der Waals surface area contributed by atoms with Gasteiger partial charge in [-0.15, -0.1) is 0 Å². The first-order valence-electron chi connectivity index (χ1n) is 9.56. The number of nitrogens with one attached hydrogen (secondary N) is 1. The number of hydrogen-bond donors (Lipinski definition) is 1. The molecule has 2 aliphatic rings. The van der Waals surface area contributed by atoms with Crippen molar-refractivity contribution in [2.45, 2.75) is 38.6 Å². The highest BCUT2D eigenvalue weighted by molar-refractivity contribution is 5.96. The van der Waals surface area contributed by atoms with Gasteiger partial charge in [-0.1, -0.05) is 6.07 Å². The molecule has 1 aromatic rings. The quantitative estimate of drug-likeness (QED) is 0.792. The van der Waals surface area contributed by atoms with Crippen LogP contribution in [-0.4, -0.2) is 60.3 Å². The third-order valence-corrected chi connectivity index (χ3v) is 5.13. The van der Waals surface area contributed by atoms with Crippen LogP contribution >= 0.6 is 0 Å². The summed E-state index contributed by atoms with van der Waals surface area (Å²) in [6, 6.07) is 6.65. The first kappa shape index (κ1) is 19.2. The molecule has 7 heteroatoms. The van der Waals surface area contributed by atoms with E-state index in [0.29, 0.717) is 30.9 Å². The number of methoxy groups -OCH3 is 1. The summed E-state index contributed by atoms with van der Waals surface area (Å²) in [6.07, 6.45) is 3.36. The minimum atomic E-state index is -0.428. The van der Waals surface area contributed by atoms with Crippen molar-refractivity contribution in [3.8, 4) is 5.75 Å². The third-order valence-electron chi connectivity index (χ3n) is 5.13. The van der Waals surface area contributed by atoms with Crippen LogP contribution < -0.4 is 10.1 Å². The molecule has 1 aromatic carbocycles. The average Bonchev–Trinajstić information content (AvgIpc) is 3.41. The van der Waals surface area contributed by atoms with E-state index >= 15 is 0 Å². The summed E-state index contributed by atoms with van der Waals surface area (Å²) in [5.74, 6) is 0.449. The summed E-state index contributed by atoms with van der Waals surface area (Å²) in [5, 5.41) is 2.80. The van der Waals surface area contributed by atoms with Gasteiger partial charge in [-0.2, -0.15) is 0 Å². The van der Waals surface area contributed by atoms with E-state index < -0.39 is 6.04 Å². The second kappa shape index (κ2) is 8.41. The van der Waals surface area contributed by atoms with E-state index in [2.05, 4.69) is 5.32 Å². The summed E-state index contributed by atoms with van der Waals surface area (Å²) in [6.45, 7) is 2.87. The maximum atomic E-state index is 13.0. The van der Waals surface area contributed by atoms with Crippen LogP contribution in [0.2, 0.25) is 0 Å². The number of amides is 3. The van der Waals surface area contributed by atoms with Crippen molar-refractivity contribution >= 4 is 23.4 Å². The Bertz CT molecular complexity index is 717. The van der Waals surface area contributed by atoms with Gasteiger partial charge in [0.05, 0.1) is 13.7 Å². The van der Waals surface area contributed by atoms with Crippen molar-refractivity contribution in [3.63, 3.8) is 0 Å². The lowest BCUT2D eigenvalue weighted by atomic mass is 10.1. The van der Waals surface area contributed by atoms with E-state index in [1.54, 1.807) is 36.3 Å². The van der Waals surface area contributed by atoms with Gasteiger partial charge in [-0.05, 0) is 44.7 Å². The molecule has 27 heavy (non-hydrogen) atoms. The highest BCUT2D eigenvalue weighted by Crippen LogP contribution is 2.34. The van der Waals surface area contributed by atoms with E-state index in [0.717, 1.165) is 19.3 Å². The van der Waals surface area contributed by atoms with Gasteiger partial charge < -0.3 is 19.9 Å². The molecule has 1 aliphatic heterocycles. The number of benzene rings is 1. The normalized spacial score (nSPS) is 18.9. The van der Waals surface area contributed by atoms with Crippen molar-refractivity contribution < 1.29 is 19.1 Å². The summed E-state index contributed by atoms with van der Waals surface area (Å²) < 4.78 is 5.15. The number of nitrogens with zero attached hydrogens (tertiary/aromatic N) is 2. The Hall–Kier alpha value is -2.57. The van der Waals surface area contributed by atoms with E-state index in [1.807, 2.05) is 6.92 Å². The number of rotatable bonds is 7. The van der Waals surface area contributed by atoms with Gasteiger partial charge >= 0.3 is 0 Å². The lowest BCUT2D eigenvalue weighted by Gasteiger charge is -2.29. The molecule has 3 amide bonds. The summed E-state index contributed by atoms with van der Waals surface area (Å²) >= 11 is 0. The van der Waals surface area contributed by atoms with E-state index in [-0.39, 0.29) is 30.2 Å². The molecule has 0 radical (unpaired) electrons. The fraction of sp³-hybridized carbons (Fsp3) is 0.550. The van der Waals surface area contributed by atoms with Crippen LogP contribution in [0.15, 0.2) is 24.3 Å². The molecule has 1 unspecified atom stereocenters. The second-order valence-electron chi connectivity index (χ2n) is 7.10. The van der Waals surface area contributed by atoms with Gasteiger partial charge in [0, 0.05) is 30.8 Å². The standard InChI is InChI=1S/C20H27N3O4/c1-3-22(13-18(24)21-15-6-4-7-16(12-15)27-2)20(26)17-8-5-11-23(17)19(25)14-9-10-14/h4,6-7,12,14,17H,3,5,8-11,13H2,1-2H3,(H,21,24). The summed E-state index contributed by atoms with van der Waals surface area (Å²) in [4.78, 5) is 41.0. The molecule has 7 nitrogen and oxygen atoms in total. The van der Waals surface area contributed by atoms with Crippen molar-refractivity contribution in [1.82, 2.24) is 9.80 Å². The Morgan fingerprint density at radius 2 is 2.04 bits per heavy atom. The van der Waals surface area contributed by atoms with Gasteiger partial charge in [0.25, 0.3) is 0 Å². The van der Waals surface area contributed by atoms with Crippen LogP contribution in [0.1, 0.15) is 32.6 Å². The van der Waals surface area contributed by atoms with E-state index in [1.165, 1.54) is 4.90 Å². The number of likely N-dealkylation sites (tertiary alicyclic amines) is 1. The minimum absolute atomic E-state index is 0.0332. The van der Waals surface area contributed by atoms with Gasteiger partial charge in [0.15, 0.2) is 0 Å². The zero-order valence-corrected chi connectivity index (χ0v) is 15.9. The Morgan fingerprint density at radius 3 is 2.70 bits per heavy atom. The Labute approximate surface area is 159 Å². The summed E-state index contributed by atoms with van der Waals surface area (Å²) in [7, 11) is 1.56. The van der Waals surface area contributed by atoms with Gasteiger partial charge in [-0.3, -0.25) is 14.4 Å². The van der Waals surface area contributed by atoms with Crippen LogP contribution in [0.3, 0.4) is 0 Å². The lowest BCUT2D eigenvalue weighted by molar-refractivity contribution is -0.145. The minimum Gasteiger partial charge on any atom is -0.497 e. The number of carbonyl (C=O) groups excluding carboxylic acids is 3. The van der Waals surface area contributed by atoms with Crippen LogP contribution in [0.25, 0.3) is 0 Å². The van der Waals surface area contributed by atoms with Gasteiger partial charge in [0.2, 0.25) is 17.7 Å². The molecule has 2 fully saturated rings. The van der Waals surface area contributed by atoms with Crippen LogP contribution in [0.5, 0.6) is 5.75 Å². The maximum absolute atomic E-state index is 13.0. The van der Waals surface area contributed by atoms with Crippen molar-refractivity contribution in [2.75, 3.05) is 32.1 Å². The van der Waals surface area contributed by atoms with Crippen molar-refractivity contribution in [3.05, 3.63) is 24.3 Å². The number of hydrogen-bond acceptors (Lipinski definition) is 4. The van der Waals surface area contributed by atoms with E-state index in [4.69, 9.17) is 4.74 Å². The molecule has 0 aromatic heterocycles. The molecular weight excluding hydrogens is 346 g/mol. The largest absolute Gasteiger partial charge is 0.497 e. The fourth-order valence-corrected chi connectivity index (χ4v) is 3.48. The number of ether oxygens (including phenoxy) is 1. The highest BCUT2D eigenvalue weighted by atomic mass is 16.5. The Kier molecular flexibility index (Phi) is 5.98. The van der Waals surface area contributed by atoms with Gasteiger partial charge in [0.1, 0.15) is 11.8 Å². The number of carbonyl (C=O) groups is 3. The van der Waals surface area contributed by atoms with Crippen LogP contribution in [0.4, 0.5) is 5.69 Å². The fourth-order valence-electron chi connectivity index (χ4n) is 3.48. The topological polar surface area (TPSA) is 79.0 Å². The molecule has 3 rings (SSSR count). The molecule has 0 bridgehead atoms. The molecule has 0 spiro atoms. The molecule has 1 N–H and O–H groups in total. The van der Waals surface area contributed by atoms with Crippen molar-refractivity contribution in [1.29, 1.82) is 0 Å². The zero-order chi connectivity index (χ0) is 19.4. The first-order chi connectivity index (χ1) is 13.0. The molecule has 146 valence electrons. The Balaban J connectivity index is 1.60. The summed E-state index contributed by atoms with van der Waals surface area (Å²) in [5.41, 5.74) is 0.620. The van der Waals surface area contributed by atoms with E-state index in [9.17, 15) is 14.4 Å². The zero-order valence-electron chi connectivity index (χ0n) is 15.9. The second-order valence-corrected chi connectivity index (χ2v) is 7.10. The number of anilines is 1. The molecular formula is C20H27N3O4. The maximum Gasteiger partial charge on any atom is 0.245 e. The van der Waals surface area contributed by atoms with Gasteiger partial charge in [-0.25, -0.2) is 0 Å². The molecule has 1 heterocycles. The predicted molar refractivity (Wildman–Crippen MR) is 101 cm³/mol. The Morgan fingerprint density at radius 1 is 1.26 bits per heavy atom. The third kappa shape index (κ3) is 4.59. The molecule has 1 atom stereocenters. The average molecular weight is 373 g/mol. The first-order valence-corrected chi connectivity index (χ1v) is 9.56. The van der Waals surface area contributed by atoms with Crippen molar-refractivity contribution in [2.24, 2.45) is 5.92 Å². The molecule has 1 aliphatic carbocycles. The monoisotopic (exact) mass is 373 g/mol. The van der Waals surface area contributed by atoms with Crippen LogP contribution in [0, 0.1) is 5.92 Å². The van der Waals surface area contributed by atoms with Crippen LogP contribution in [-0.2, 0) is 14.4 Å². The lowest BCUT2D eigenvalue weighted by Crippen LogP contribution is -2.50. The molecule has 1 saturated carbocycles.